The molecule has 1 fully saturated rings. The second-order valence-corrected chi connectivity index (χ2v) is 9.66. The van der Waals surface area contributed by atoms with Gasteiger partial charge in [0.2, 0.25) is 0 Å². The number of rotatable bonds is 11. The normalized spacial score (nSPS) is 14.2. The van der Waals surface area contributed by atoms with Gasteiger partial charge >= 0.3 is 0 Å². The number of halogens is 1. The lowest BCUT2D eigenvalue weighted by molar-refractivity contribution is -0.122. The van der Waals surface area contributed by atoms with Gasteiger partial charge in [-0.1, -0.05) is 35.9 Å². The number of carbonyl (C=O) groups excluding carboxylic acids is 1. The van der Waals surface area contributed by atoms with Crippen molar-refractivity contribution in [3.8, 4) is 23.0 Å². The Labute approximate surface area is 239 Å². The smallest absolute Gasteiger partial charge is 0.276 e. The van der Waals surface area contributed by atoms with Gasteiger partial charge in [-0.25, -0.2) is 0 Å². The van der Waals surface area contributed by atoms with E-state index in [0.29, 0.717) is 64.8 Å². The first kappa shape index (κ1) is 28.3. The lowest BCUT2D eigenvalue weighted by Crippen LogP contribution is -2.35. The van der Waals surface area contributed by atoms with Crippen LogP contribution < -0.4 is 18.9 Å². The maximum atomic E-state index is 13.7. The van der Waals surface area contributed by atoms with Crippen molar-refractivity contribution in [2.45, 2.75) is 12.8 Å². The molecule has 0 spiro atoms. The van der Waals surface area contributed by atoms with E-state index in [1.165, 1.54) is 0 Å². The Kier molecular flexibility index (Phi) is 9.32. The van der Waals surface area contributed by atoms with E-state index in [9.17, 15) is 4.79 Å². The van der Waals surface area contributed by atoms with Gasteiger partial charge in [0.15, 0.2) is 28.1 Å². The largest absolute Gasteiger partial charge is 0.493 e. The van der Waals surface area contributed by atoms with Gasteiger partial charge in [0, 0.05) is 18.1 Å². The van der Waals surface area contributed by atoms with Crippen molar-refractivity contribution in [3.63, 3.8) is 0 Å². The molecule has 204 valence electrons. The highest BCUT2D eigenvalue weighted by molar-refractivity contribution is 7.80. The molecule has 9 heteroatoms. The van der Waals surface area contributed by atoms with Crippen LogP contribution in [0.15, 0.2) is 66.4 Å². The zero-order chi connectivity index (χ0) is 27.9. The number of benzene rings is 3. The highest BCUT2D eigenvalue weighted by Crippen LogP contribution is 2.31. The van der Waals surface area contributed by atoms with Crippen molar-refractivity contribution >= 4 is 40.9 Å². The van der Waals surface area contributed by atoms with Crippen molar-refractivity contribution in [2.24, 2.45) is 0 Å². The van der Waals surface area contributed by atoms with E-state index in [-0.39, 0.29) is 5.91 Å². The van der Waals surface area contributed by atoms with Crippen LogP contribution in [-0.2, 0) is 17.6 Å². The molecule has 7 nitrogen and oxygen atoms in total. The Morgan fingerprint density at radius 1 is 0.744 bits per heavy atom. The van der Waals surface area contributed by atoms with E-state index in [2.05, 4.69) is 0 Å². The number of ether oxygens (including phenoxy) is 4. The zero-order valence-corrected chi connectivity index (χ0v) is 24.0. The van der Waals surface area contributed by atoms with Crippen molar-refractivity contribution in [2.75, 3.05) is 41.5 Å². The SMILES string of the molecule is COc1ccc(CCN2C(=O)/C(=C\c3cccc(Cl)c3)N(CCc3ccc(OC)c(OC)c3)C2=S)cc1OC. The van der Waals surface area contributed by atoms with Gasteiger partial charge in [0.1, 0.15) is 5.70 Å². The van der Waals surface area contributed by atoms with Gasteiger partial charge in [-0.2, -0.15) is 0 Å². The van der Waals surface area contributed by atoms with E-state index in [4.69, 9.17) is 42.8 Å². The van der Waals surface area contributed by atoms with Gasteiger partial charge in [-0.05, 0) is 84.2 Å². The van der Waals surface area contributed by atoms with Gasteiger partial charge in [0.05, 0.1) is 28.4 Å². The standard InChI is InChI=1S/C30H31ClN2O5S/c1-35-25-10-8-20(18-27(25)37-3)12-14-32-24(17-22-6-5-7-23(31)16-22)29(34)33(30(32)39)15-13-21-9-11-26(36-2)28(19-21)38-4/h5-11,16-19H,12-15H2,1-4H3/b24-17+. The summed E-state index contributed by atoms with van der Waals surface area (Å²) in [5.74, 6) is 2.47. The first-order valence-corrected chi connectivity index (χ1v) is 13.2. The quantitative estimate of drug-likeness (QED) is 0.220. The molecule has 3 aromatic carbocycles. The highest BCUT2D eigenvalue weighted by atomic mass is 35.5. The van der Waals surface area contributed by atoms with E-state index >= 15 is 0 Å². The monoisotopic (exact) mass is 566 g/mol. The Hall–Kier alpha value is -3.75. The first-order chi connectivity index (χ1) is 18.9. The van der Waals surface area contributed by atoms with Crippen molar-refractivity contribution in [1.29, 1.82) is 0 Å². The van der Waals surface area contributed by atoms with Crippen LogP contribution in [-0.4, -0.2) is 62.3 Å². The second-order valence-electron chi connectivity index (χ2n) is 8.85. The van der Waals surface area contributed by atoms with Crippen LogP contribution in [0.3, 0.4) is 0 Å². The lowest BCUT2D eigenvalue weighted by Gasteiger charge is -2.21. The Morgan fingerprint density at radius 2 is 1.28 bits per heavy atom. The fourth-order valence-corrected chi connectivity index (χ4v) is 5.01. The number of amides is 1. The molecule has 4 rings (SSSR count). The molecule has 1 amide bonds. The van der Waals surface area contributed by atoms with E-state index in [1.54, 1.807) is 39.4 Å². The van der Waals surface area contributed by atoms with Gasteiger partial charge < -0.3 is 23.8 Å². The number of hydrogen-bond acceptors (Lipinski definition) is 6. The molecule has 0 radical (unpaired) electrons. The molecular formula is C30H31ClN2O5S. The van der Waals surface area contributed by atoms with Gasteiger partial charge in [-0.3, -0.25) is 9.69 Å². The summed E-state index contributed by atoms with van der Waals surface area (Å²) in [4.78, 5) is 17.2. The minimum absolute atomic E-state index is 0.146. The summed E-state index contributed by atoms with van der Waals surface area (Å²) in [5.41, 5.74) is 3.38. The summed E-state index contributed by atoms with van der Waals surface area (Å²) in [7, 11) is 6.42. The van der Waals surface area contributed by atoms with Crippen LogP contribution in [0.5, 0.6) is 23.0 Å². The maximum absolute atomic E-state index is 13.7. The summed E-state index contributed by atoms with van der Waals surface area (Å²) in [6.45, 7) is 0.937. The molecule has 0 saturated carbocycles. The van der Waals surface area contributed by atoms with Crippen molar-refractivity contribution in [3.05, 3.63) is 88.1 Å². The lowest BCUT2D eigenvalue weighted by atomic mass is 10.1. The number of nitrogens with zero attached hydrogens (tertiary/aromatic N) is 2. The molecule has 0 atom stereocenters. The Balaban J connectivity index is 1.58. The van der Waals surface area contributed by atoms with Crippen LogP contribution in [0, 0.1) is 0 Å². The molecule has 39 heavy (non-hydrogen) atoms. The molecule has 0 aromatic heterocycles. The molecule has 0 bridgehead atoms. The molecule has 0 unspecified atom stereocenters. The van der Waals surface area contributed by atoms with Crippen LogP contribution in [0.2, 0.25) is 5.02 Å². The molecule has 3 aromatic rings. The fraction of sp³-hybridized carbons (Fsp3) is 0.267. The summed E-state index contributed by atoms with van der Waals surface area (Å²) in [6.07, 6.45) is 3.08. The highest BCUT2D eigenvalue weighted by Gasteiger charge is 2.37. The topological polar surface area (TPSA) is 60.5 Å². The molecule has 1 aliphatic heterocycles. The Morgan fingerprint density at radius 3 is 1.79 bits per heavy atom. The molecule has 1 heterocycles. The Bertz CT molecular complexity index is 1390. The molecule has 1 aliphatic rings. The number of carbonyl (C=O) groups is 1. The number of thiocarbonyl (C=S) groups is 1. The molecular weight excluding hydrogens is 536 g/mol. The van der Waals surface area contributed by atoms with Crippen LogP contribution in [0.25, 0.3) is 6.08 Å². The number of methoxy groups -OCH3 is 4. The predicted octanol–water partition coefficient (Wildman–Crippen LogP) is 5.63. The third-order valence-electron chi connectivity index (χ3n) is 6.51. The third kappa shape index (κ3) is 6.46. The second kappa shape index (κ2) is 12.9. The van der Waals surface area contributed by atoms with Crippen molar-refractivity contribution < 1.29 is 23.7 Å². The predicted molar refractivity (Wildman–Crippen MR) is 157 cm³/mol. The third-order valence-corrected chi connectivity index (χ3v) is 7.19. The molecule has 0 N–H and O–H groups in total. The van der Waals surface area contributed by atoms with E-state index in [1.807, 2.05) is 65.6 Å². The summed E-state index contributed by atoms with van der Waals surface area (Å²) in [6, 6.07) is 18.9. The van der Waals surface area contributed by atoms with Crippen LogP contribution in [0.4, 0.5) is 0 Å². The summed E-state index contributed by atoms with van der Waals surface area (Å²) < 4.78 is 21.6. The minimum Gasteiger partial charge on any atom is -0.493 e. The molecule has 0 aliphatic carbocycles. The maximum Gasteiger partial charge on any atom is 0.276 e. The fourth-order valence-electron chi connectivity index (χ4n) is 4.45. The van der Waals surface area contributed by atoms with E-state index < -0.39 is 0 Å². The average molecular weight is 567 g/mol. The van der Waals surface area contributed by atoms with Crippen molar-refractivity contribution in [1.82, 2.24) is 9.80 Å². The van der Waals surface area contributed by atoms with Gasteiger partial charge in [-0.15, -0.1) is 0 Å². The minimum atomic E-state index is -0.146. The van der Waals surface area contributed by atoms with Crippen LogP contribution >= 0.6 is 23.8 Å². The van der Waals surface area contributed by atoms with Crippen LogP contribution in [0.1, 0.15) is 16.7 Å². The van der Waals surface area contributed by atoms with E-state index in [0.717, 1.165) is 16.7 Å². The van der Waals surface area contributed by atoms with Gasteiger partial charge in [0.25, 0.3) is 5.91 Å². The summed E-state index contributed by atoms with van der Waals surface area (Å²) >= 11 is 12.1. The first-order valence-electron chi connectivity index (χ1n) is 12.4. The average Bonchev–Trinajstić information content (AvgIpc) is 3.17. The molecule has 1 saturated heterocycles. The zero-order valence-electron chi connectivity index (χ0n) is 22.4. The number of hydrogen-bond donors (Lipinski definition) is 0. The summed E-state index contributed by atoms with van der Waals surface area (Å²) in [5, 5.41) is 1.06.